The molecule has 144 valence electrons. The monoisotopic (exact) mass is 472 g/mol. The highest BCUT2D eigenvalue weighted by molar-refractivity contribution is 8.26. The number of benzene rings is 2. The molecule has 2 aromatic rings. The average Bonchev–Trinajstić information content (AvgIpc) is 2.90. The second-order valence-corrected chi connectivity index (χ2v) is 8.36. The molecule has 1 heterocycles. The van der Waals surface area contributed by atoms with Crippen molar-refractivity contribution in [3.63, 3.8) is 0 Å². The maximum atomic E-state index is 12.5. The highest BCUT2D eigenvalue weighted by Gasteiger charge is 2.33. The molecule has 0 aromatic heterocycles. The summed E-state index contributed by atoms with van der Waals surface area (Å²) in [5, 5.41) is 2.22. The predicted octanol–water partition coefficient (Wildman–Crippen LogP) is 4.96. The third-order valence-corrected chi connectivity index (χ3v) is 5.65. The van der Waals surface area contributed by atoms with Crippen molar-refractivity contribution in [3.8, 4) is 5.75 Å². The van der Waals surface area contributed by atoms with Crippen molar-refractivity contribution < 1.29 is 14.3 Å². The molecule has 0 radical (unpaired) electrons. The lowest BCUT2D eigenvalue weighted by Gasteiger charge is -2.16. The first-order valence-electron chi connectivity index (χ1n) is 7.75. The van der Waals surface area contributed by atoms with Gasteiger partial charge in [-0.25, -0.2) is 0 Å². The molecule has 10 heteroatoms. The Morgan fingerprint density at radius 1 is 1.18 bits per heavy atom. The number of rotatable bonds is 5. The Balaban J connectivity index is 1.64. The van der Waals surface area contributed by atoms with Crippen molar-refractivity contribution in [1.29, 1.82) is 0 Å². The van der Waals surface area contributed by atoms with E-state index in [0.29, 0.717) is 26.3 Å². The van der Waals surface area contributed by atoms with Gasteiger partial charge in [0.25, 0.3) is 11.8 Å². The number of nitrogens with one attached hydrogen (secondary N) is 1. The Morgan fingerprint density at radius 2 is 1.93 bits per heavy atom. The van der Waals surface area contributed by atoms with E-state index in [-0.39, 0.29) is 16.0 Å². The van der Waals surface area contributed by atoms with E-state index in [0.717, 1.165) is 16.8 Å². The first-order valence-corrected chi connectivity index (χ1v) is 10.1. The van der Waals surface area contributed by atoms with E-state index in [9.17, 15) is 9.59 Å². The van der Waals surface area contributed by atoms with Crippen molar-refractivity contribution in [2.45, 2.75) is 0 Å². The quantitative estimate of drug-likeness (QED) is 0.491. The fourth-order valence-corrected chi connectivity index (χ4v) is 4.01. The largest absolute Gasteiger partial charge is 0.482 e. The van der Waals surface area contributed by atoms with Crippen LogP contribution in [-0.4, -0.2) is 27.8 Å². The number of halogens is 3. The molecule has 1 aliphatic heterocycles. The van der Waals surface area contributed by atoms with Crippen molar-refractivity contribution in [2.24, 2.45) is 0 Å². The first-order chi connectivity index (χ1) is 13.3. The maximum Gasteiger partial charge on any atom is 0.285 e. The first kappa shape index (κ1) is 21.0. The lowest BCUT2D eigenvalue weighted by molar-refractivity contribution is -0.134. The van der Waals surface area contributed by atoms with Crippen LogP contribution in [0.5, 0.6) is 5.75 Å². The summed E-state index contributed by atoms with van der Waals surface area (Å²) in [7, 11) is 0. The number of ether oxygens (including phenoxy) is 1. The van der Waals surface area contributed by atoms with Gasteiger partial charge < -0.3 is 4.74 Å². The van der Waals surface area contributed by atoms with Crippen LogP contribution in [0.3, 0.4) is 0 Å². The summed E-state index contributed by atoms with van der Waals surface area (Å²) in [5.74, 6) is -0.723. The summed E-state index contributed by atoms with van der Waals surface area (Å²) < 4.78 is 5.55. The highest BCUT2D eigenvalue weighted by Crippen LogP contribution is 2.32. The molecule has 1 aliphatic rings. The zero-order valence-corrected chi connectivity index (χ0v) is 17.8. The van der Waals surface area contributed by atoms with E-state index in [4.69, 9.17) is 51.8 Å². The zero-order chi connectivity index (χ0) is 20.3. The van der Waals surface area contributed by atoms with Gasteiger partial charge >= 0.3 is 0 Å². The molecule has 0 atom stereocenters. The molecule has 0 spiro atoms. The number of carbonyl (C=O) groups is 2. The van der Waals surface area contributed by atoms with Crippen LogP contribution in [0.2, 0.25) is 15.1 Å². The predicted molar refractivity (Wildman–Crippen MR) is 117 cm³/mol. The number of carbonyl (C=O) groups excluding carboxylic acids is 2. The SMILES string of the molecule is O=C(COc1ccc(Cl)cc1Cl)NN1C(=O)/C(=C/c2ccccc2Cl)SC1=S. The van der Waals surface area contributed by atoms with Gasteiger partial charge in [0.2, 0.25) is 0 Å². The minimum Gasteiger partial charge on any atom is -0.482 e. The summed E-state index contributed by atoms with van der Waals surface area (Å²) in [4.78, 5) is 25.0. The Morgan fingerprint density at radius 3 is 2.64 bits per heavy atom. The molecule has 0 unspecified atom stereocenters. The van der Waals surface area contributed by atoms with Gasteiger partial charge in [-0.05, 0) is 48.1 Å². The Bertz CT molecular complexity index is 998. The van der Waals surface area contributed by atoms with Crippen LogP contribution in [0.25, 0.3) is 6.08 Å². The highest BCUT2D eigenvalue weighted by atomic mass is 35.5. The number of hydrazine groups is 1. The Kier molecular flexibility index (Phi) is 6.85. The fraction of sp³-hybridized carbons (Fsp3) is 0.0556. The Labute approximate surface area is 185 Å². The number of thiocarbonyl (C=S) groups is 1. The number of thioether (sulfide) groups is 1. The van der Waals surface area contributed by atoms with Crippen LogP contribution in [-0.2, 0) is 9.59 Å². The van der Waals surface area contributed by atoms with Gasteiger partial charge in [0.1, 0.15) is 5.75 Å². The average molecular weight is 474 g/mol. The van der Waals surface area contributed by atoms with Gasteiger partial charge in [-0.2, -0.15) is 5.01 Å². The van der Waals surface area contributed by atoms with Crippen molar-refractivity contribution >= 4 is 81.0 Å². The fourth-order valence-electron chi connectivity index (χ4n) is 2.19. The lowest BCUT2D eigenvalue weighted by Crippen LogP contribution is -2.46. The zero-order valence-electron chi connectivity index (χ0n) is 13.9. The summed E-state index contributed by atoms with van der Waals surface area (Å²) in [6.07, 6.45) is 1.62. The number of hydrogen-bond donors (Lipinski definition) is 1. The van der Waals surface area contributed by atoms with Gasteiger partial charge in [0.05, 0.1) is 9.93 Å². The third kappa shape index (κ3) is 4.98. The van der Waals surface area contributed by atoms with Crippen LogP contribution in [0.4, 0.5) is 0 Å². The number of amides is 2. The van der Waals surface area contributed by atoms with Crippen LogP contribution < -0.4 is 10.2 Å². The van der Waals surface area contributed by atoms with Gasteiger partial charge in [0.15, 0.2) is 10.9 Å². The van der Waals surface area contributed by atoms with E-state index in [1.165, 1.54) is 6.07 Å². The molecule has 28 heavy (non-hydrogen) atoms. The molecule has 2 aromatic carbocycles. The van der Waals surface area contributed by atoms with Gasteiger partial charge in [0, 0.05) is 10.0 Å². The second-order valence-electron chi connectivity index (χ2n) is 5.44. The summed E-state index contributed by atoms with van der Waals surface area (Å²) in [5.41, 5.74) is 3.10. The summed E-state index contributed by atoms with van der Waals surface area (Å²) in [6.45, 7) is -0.359. The van der Waals surface area contributed by atoms with E-state index in [1.807, 2.05) is 0 Å². The van der Waals surface area contributed by atoms with Crippen molar-refractivity contribution in [1.82, 2.24) is 10.4 Å². The van der Waals surface area contributed by atoms with E-state index in [2.05, 4.69) is 5.43 Å². The maximum absolute atomic E-state index is 12.5. The van der Waals surface area contributed by atoms with Crippen LogP contribution >= 0.6 is 58.8 Å². The van der Waals surface area contributed by atoms with Crippen LogP contribution in [0.15, 0.2) is 47.4 Å². The molecular formula is C18H11Cl3N2O3S2. The topological polar surface area (TPSA) is 58.6 Å². The number of nitrogens with zero attached hydrogens (tertiary/aromatic N) is 1. The van der Waals surface area contributed by atoms with Crippen molar-refractivity contribution in [3.05, 3.63) is 68.0 Å². The molecule has 3 rings (SSSR count). The number of hydrogen-bond acceptors (Lipinski definition) is 5. The van der Waals surface area contributed by atoms with E-state index in [1.54, 1.807) is 42.5 Å². The summed E-state index contributed by atoms with van der Waals surface area (Å²) in [6, 6.07) is 11.7. The molecule has 1 fully saturated rings. The van der Waals surface area contributed by atoms with Gasteiger partial charge in [-0.15, -0.1) is 0 Å². The standard InChI is InChI=1S/C18H11Cl3N2O3S2/c19-11-5-6-14(13(21)8-11)26-9-16(24)22-23-17(25)15(28-18(23)27)7-10-3-1-2-4-12(10)20/h1-8H,9H2,(H,22,24)/b15-7-. The van der Waals surface area contributed by atoms with Crippen LogP contribution in [0, 0.1) is 0 Å². The minimum atomic E-state index is -0.568. The minimum absolute atomic E-state index is 0.196. The molecule has 0 aliphatic carbocycles. The Hall–Kier alpha value is -1.77. The summed E-state index contributed by atoms with van der Waals surface area (Å²) >= 11 is 24.2. The molecular weight excluding hydrogens is 463 g/mol. The van der Waals surface area contributed by atoms with Gasteiger partial charge in [-0.1, -0.05) is 64.8 Å². The molecule has 5 nitrogen and oxygen atoms in total. The van der Waals surface area contributed by atoms with Crippen LogP contribution in [0.1, 0.15) is 5.56 Å². The molecule has 1 saturated heterocycles. The molecule has 2 amide bonds. The molecule has 0 saturated carbocycles. The molecule has 0 bridgehead atoms. The second kappa shape index (κ2) is 9.15. The smallest absolute Gasteiger partial charge is 0.285 e. The van der Waals surface area contributed by atoms with Gasteiger partial charge in [-0.3, -0.25) is 15.0 Å². The van der Waals surface area contributed by atoms with E-state index >= 15 is 0 Å². The lowest BCUT2D eigenvalue weighted by atomic mass is 10.2. The third-order valence-electron chi connectivity index (χ3n) is 3.47. The molecule has 1 N–H and O–H groups in total. The van der Waals surface area contributed by atoms with Crippen molar-refractivity contribution in [2.75, 3.05) is 6.61 Å². The normalized spacial score (nSPS) is 15.2. The van der Waals surface area contributed by atoms with E-state index < -0.39 is 11.8 Å².